The molecule has 0 aliphatic carbocycles. The Bertz CT molecular complexity index is 717. The van der Waals surface area contributed by atoms with E-state index in [-0.39, 0.29) is 30.0 Å². The number of aromatic nitrogens is 1. The van der Waals surface area contributed by atoms with Gasteiger partial charge in [-0.3, -0.25) is 4.99 Å². The van der Waals surface area contributed by atoms with Gasteiger partial charge in [0.05, 0.1) is 30.4 Å². The van der Waals surface area contributed by atoms with Gasteiger partial charge in [0.2, 0.25) is 0 Å². The molecule has 8 heteroatoms. The van der Waals surface area contributed by atoms with Gasteiger partial charge >= 0.3 is 0 Å². The van der Waals surface area contributed by atoms with Crippen LogP contribution in [-0.4, -0.2) is 62.6 Å². The lowest BCUT2D eigenvalue weighted by molar-refractivity contribution is 0.295. The number of halogens is 1. The normalized spacial score (nSPS) is 12.5. The summed E-state index contributed by atoms with van der Waals surface area (Å²) >= 11 is 1.67. The van der Waals surface area contributed by atoms with Crippen molar-refractivity contribution in [2.75, 3.05) is 41.8 Å². The highest BCUT2D eigenvalue weighted by Gasteiger charge is 2.16. The van der Waals surface area contributed by atoms with Crippen LogP contribution >= 0.6 is 35.3 Å². The molecule has 6 nitrogen and oxygen atoms in total. The zero-order valence-electron chi connectivity index (χ0n) is 16.9. The maximum atomic E-state index is 5.25. The summed E-state index contributed by atoms with van der Waals surface area (Å²) in [5, 5.41) is 6.67. The van der Waals surface area contributed by atoms with E-state index in [1.807, 2.05) is 33.2 Å². The highest BCUT2D eigenvalue weighted by Crippen LogP contribution is 2.20. The summed E-state index contributed by atoms with van der Waals surface area (Å²) in [6, 6.07) is 8.44. The fraction of sp³-hybridized carbons (Fsp3) is 0.474. The van der Waals surface area contributed by atoms with Gasteiger partial charge in [0.1, 0.15) is 5.75 Å². The highest BCUT2D eigenvalue weighted by atomic mass is 127. The zero-order chi connectivity index (χ0) is 19.1. The standard InChI is InChI=1S/C19H29N5OS.HI/c1-14-22-16(13-26-14)12-24(5)19(20-2)21-11-18(23(3)4)15-7-9-17(25-6)10-8-15;/h7-10,13,18H,11-12H2,1-6H3,(H,20,21);1H. The molecule has 1 aromatic carbocycles. The van der Waals surface area contributed by atoms with Crippen molar-refractivity contribution in [3.63, 3.8) is 0 Å². The molecule has 1 unspecified atom stereocenters. The molecule has 0 bridgehead atoms. The topological polar surface area (TPSA) is 53.0 Å². The van der Waals surface area contributed by atoms with Crippen molar-refractivity contribution < 1.29 is 4.74 Å². The van der Waals surface area contributed by atoms with E-state index >= 15 is 0 Å². The number of benzene rings is 1. The summed E-state index contributed by atoms with van der Waals surface area (Å²) < 4.78 is 5.25. The first-order valence-electron chi connectivity index (χ1n) is 8.57. The number of nitrogens with one attached hydrogen (secondary N) is 1. The van der Waals surface area contributed by atoms with E-state index in [1.54, 1.807) is 18.4 Å². The highest BCUT2D eigenvalue weighted by molar-refractivity contribution is 14.0. The minimum Gasteiger partial charge on any atom is -0.497 e. The fourth-order valence-electron chi connectivity index (χ4n) is 2.80. The first kappa shape index (κ1) is 23.6. The Balaban J connectivity index is 0.00000364. The number of aliphatic imine (C=N–C) groups is 1. The quantitative estimate of drug-likeness (QED) is 0.357. The number of rotatable bonds is 7. The molecule has 0 saturated heterocycles. The third kappa shape index (κ3) is 6.93. The molecule has 1 aromatic heterocycles. The van der Waals surface area contributed by atoms with E-state index in [9.17, 15) is 0 Å². The van der Waals surface area contributed by atoms with Crippen LogP contribution in [0.3, 0.4) is 0 Å². The summed E-state index contributed by atoms with van der Waals surface area (Å²) in [6.07, 6.45) is 0. The Morgan fingerprint density at radius 1 is 1.26 bits per heavy atom. The minimum atomic E-state index is 0. The van der Waals surface area contributed by atoms with Gasteiger partial charge in [0.15, 0.2) is 5.96 Å². The lowest BCUT2D eigenvalue weighted by Crippen LogP contribution is -2.42. The number of methoxy groups -OCH3 is 1. The predicted molar refractivity (Wildman–Crippen MR) is 125 cm³/mol. The molecule has 0 saturated carbocycles. The molecule has 1 heterocycles. The van der Waals surface area contributed by atoms with E-state index in [4.69, 9.17) is 4.74 Å². The van der Waals surface area contributed by atoms with Crippen molar-refractivity contribution >= 4 is 41.3 Å². The fourth-order valence-corrected chi connectivity index (χ4v) is 3.40. The Morgan fingerprint density at radius 2 is 1.93 bits per heavy atom. The number of hydrogen-bond acceptors (Lipinski definition) is 5. The van der Waals surface area contributed by atoms with Crippen molar-refractivity contribution in [2.24, 2.45) is 4.99 Å². The van der Waals surface area contributed by atoms with Crippen LogP contribution in [0.2, 0.25) is 0 Å². The molecule has 27 heavy (non-hydrogen) atoms. The van der Waals surface area contributed by atoms with Crippen LogP contribution in [0.4, 0.5) is 0 Å². The molecule has 0 spiro atoms. The van der Waals surface area contributed by atoms with E-state index in [0.29, 0.717) is 0 Å². The molecule has 0 radical (unpaired) electrons. The number of aryl methyl sites for hydroxylation is 1. The largest absolute Gasteiger partial charge is 0.497 e. The van der Waals surface area contributed by atoms with Crippen LogP contribution < -0.4 is 10.1 Å². The zero-order valence-corrected chi connectivity index (χ0v) is 20.0. The van der Waals surface area contributed by atoms with Gasteiger partial charge in [0, 0.05) is 26.0 Å². The first-order valence-corrected chi connectivity index (χ1v) is 9.45. The maximum absolute atomic E-state index is 5.25. The number of likely N-dealkylation sites (N-methyl/N-ethyl adjacent to an activating group) is 1. The molecule has 0 aliphatic heterocycles. The van der Waals surface area contributed by atoms with Gasteiger partial charge in [-0.15, -0.1) is 35.3 Å². The smallest absolute Gasteiger partial charge is 0.193 e. The van der Waals surface area contributed by atoms with Crippen LogP contribution in [-0.2, 0) is 6.54 Å². The van der Waals surface area contributed by atoms with Crippen molar-refractivity contribution in [1.29, 1.82) is 0 Å². The van der Waals surface area contributed by atoms with E-state index in [1.165, 1.54) is 5.56 Å². The SMILES string of the molecule is CN=C(NCC(c1ccc(OC)cc1)N(C)C)N(C)Cc1csc(C)n1.I. The number of guanidine groups is 1. The number of hydrogen-bond donors (Lipinski definition) is 1. The molecule has 0 fully saturated rings. The predicted octanol–water partition coefficient (Wildman–Crippen LogP) is 3.39. The van der Waals surface area contributed by atoms with Crippen molar-refractivity contribution in [3.8, 4) is 5.75 Å². The summed E-state index contributed by atoms with van der Waals surface area (Å²) in [6.45, 7) is 3.52. The van der Waals surface area contributed by atoms with Gasteiger partial charge in [-0.2, -0.15) is 0 Å². The van der Waals surface area contributed by atoms with Gasteiger partial charge in [-0.25, -0.2) is 4.98 Å². The van der Waals surface area contributed by atoms with E-state index in [0.717, 1.165) is 35.5 Å². The molecule has 150 valence electrons. The summed E-state index contributed by atoms with van der Waals surface area (Å²) in [4.78, 5) is 13.2. The van der Waals surface area contributed by atoms with Crippen LogP contribution in [0, 0.1) is 6.92 Å². The van der Waals surface area contributed by atoms with E-state index < -0.39 is 0 Å². The van der Waals surface area contributed by atoms with Gasteiger partial charge in [-0.05, 0) is 38.7 Å². The lowest BCUT2D eigenvalue weighted by Gasteiger charge is -2.28. The Kier molecular flexibility index (Phi) is 10.0. The van der Waals surface area contributed by atoms with Crippen LogP contribution in [0.5, 0.6) is 5.75 Å². The molecule has 1 N–H and O–H groups in total. The molecule has 1 atom stereocenters. The number of thiazole rings is 1. The maximum Gasteiger partial charge on any atom is 0.193 e. The second-order valence-corrected chi connectivity index (χ2v) is 7.46. The van der Waals surface area contributed by atoms with Crippen molar-refractivity contribution in [2.45, 2.75) is 19.5 Å². The minimum absolute atomic E-state index is 0. The van der Waals surface area contributed by atoms with Crippen LogP contribution in [0.15, 0.2) is 34.6 Å². The number of nitrogens with zero attached hydrogens (tertiary/aromatic N) is 4. The molecule has 2 rings (SSSR count). The molecule has 2 aromatic rings. The average Bonchev–Trinajstić information content (AvgIpc) is 3.03. The molecular weight excluding hydrogens is 473 g/mol. The molecule has 0 amide bonds. The molecule has 0 aliphatic rings. The summed E-state index contributed by atoms with van der Waals surface area (Å²) in [5.41, 5.74) is 2.30. The van der Waals surface area contributed by atoms with Crippen molar-refractivity contribution in [1.82, 2.24) is 20.1 Å². The third-order valence-electron chi connectivity index (χ3n) is 4.22. The second kappa shape index (κ2) is 11.5. The summed E-state index contributed by atoms with van der Waals surface area (Å²) in [7, 11) is 9.69. The molecular formula is C19H30IN5OS. The first-order chi connectivity index (χ1) is 12.4. The monoisotopic (exact) mass is 503 g/mol. The Labute approximate surface area is 183 Å². The average molecular weight is 503 g/mol. The Morgan fingerprint density at radius 3 is 2.41 bits per heavy atom. The van der Waals surface area contributed by atoms with Crippen LogP contribution in [0.1, 0.15) is 22.3 Å². The van der Waals surface area contributed by atoms with Gasteiger partial charge in [-0.1, -0.05) is 12.1 Å². The van der Waals surface area contributed by atoms with Crippen molar-refractivity contribution in [3.05, 3.63) is 45.9 Å². The third-order valence-corrected chi connectivity index (χ3v) is 5.04. The van der Waals surface area contributed by atoms with Gasteiger partial charge < -0.3 is 19.9 Å². The summed E-state index contributed by atoms with van der Waals surface area (Å²) in [5.74, 6) is 1.73. The van der Waals surface area contributed by atoms with E-state index in [2.05, 4.69) is 56.7 Å². The van der Waals surface area contributed by atoms with Crippen LogP contribution in [0.25, 0.3) is 0 Å². The Hall–Kier alpha value is -1.39. The number of ether oxygens (including phenoxy) is 1. The van der Waals surface area contributed by atoms with Gasteiger partial charge in [0.25, 0.3) is 0 Å². The second-order valence-electron chi connectivity index (χ2n) is 6.39. The lowest BCUT2D eigenvalue weighted by atomic mass is 10.1.